The highest BCUT2D eigenvalue weighted by Gasteiger charge is 2.28. The van der Waals surface area contributed by atoms with Gasteiger partial charge in [-0.3, -0.25) is 0 Å². The quantitative estimate of drug-likeness (QED) is 0.505. The zero-order valence-corrected chi connectivity index (χ0v) is 15.6. The van der Waals surface area contributed by atoms with Crippen molar-refractivity contribution in [2.75, 3.05) is 19.8 Å². The van der Waals surface area contributed by atoms with E-state index >= 15 is 0 Å². The van der Waals surface area contributed by atoms with Gasteiger partial charge in [0, 0.05) is 12.0 Å². The van der Waals surface area contributed by atoms with E-state index in [1.54, 1.807) is 0 Å². The van der Waals surface area contributed by atoms with Crippen molar-refractivity contribution < 1.29 is 14.2 Å². The Kier molecular flexibility index (Phi) is 5.85. The molecule has 1 aliphatic rings. The van der Waals surface area contributed by atoms with Crippen LogP contribution >= 0.6 is 0 Å². The number of benzene rings is 2. The van der Waals surface area contributed by atoms with Crippen molar-refractivity contribution in [3.05, 3.63) is 41.5 Å². The van der Waals surface area contributed by atoms with Gasteiger partial charge < -0.3 is 14.2 Å². The first-order valence-corrected chi connectivity index (χ1v) is 9.46. The van der Waals surface area contributed by atoms with E-state index in [4.69, 9.17) is 14.2 Å². The van der Waals surface area contributed by atoms with Crippen LogP contribution in [0.1, 0.15) is 51.2 Å². The Bertz CT molecular complexity index is 721. The topological polar surface area (TPSA) is 27.7 Å². The Balaban J connectivity index is 2.11. The van der Waals surface area contributed by atoms with E-state index in [0.29, 0.717) is 19.8 Å². The minimum atomic E-state index is 0.663. The molecule has 0 bridgehead atoms. The number of ether oxygens (including phenoxy) is 3. The van der Waals surface area contributed by atoms with Gasteiger partial charge in [-0.05, 0) is 42.0 Å². The van der Waals surface area contributed by atoms with Crippen molar-refractivity contribution >= 4 is 0 Å². The average molecular weight is 340 g/mol. The molecule has 0 atom stereocenters. The largest absolute Gasteiger partial charge is 0.490 e. The smallest absolute Gasteiger partial charge is 0.203 e. The standard InChI is InChI=1S/C22H28O3/c1-4-11-23-20-15-18-17-10-8-7-9-16(17)14-19(18)21(24-12-5-2)22(20)25-13-6-3/h7-10,15H,4-6,11-14H2,1-3H3. The molecule has 3 heteroatoms. The summed E-state index contributed by atoms with van der Waals surface area (Å²) in [6.45, 7) is 8.38. The fraction of sp³-hybridized carbons (Fsp3) is 0.455. The van der Waals surface area contributed by atoms with Gasteiger partial charge in [0.15, 0.2) is 11.5 Å². The minimum Gasteiger partial charge on any atom is -0.490 e. The summed E-state index contributed by atoms with van der Waals surface area (Å²) in [5, 5.41) is 0. The first-order chi connectivity index (χ1) is 12.3. The SMILES string of the molecule is CCCOc1cc2c(c(OCCC)c1OCCC)Cc1ccccc1-2. The number of rotatable bonds is 9. The van der Waals surface area contributed by atoms with E-state index in [1.807, 2.05) is 0 Å². The lowest BCUT2D eigenvalue weighted by Gasteiger charge is -2.20. The van der Waals surface area contributed by atoms with Crippen LogP contribution in [0.5, 0.6) is 17.2 Å². The van der Waals surface area contributed by atoms with Crippen LogP contribution in [0, 0.1) is 0 Å². The first-order valence-electron chi connectivity index (χ1n) is 9.46. The Morgan fingerprint density at radius 3 is 2.12 bits per heavy atom. The highest BCUT2D eigenvalue weighted by atomic mass is 16.5. The van der Waals surface area contributed by atoms with Crippen LogP contribution in [-0.4, -0.2) is 19.8 Å². The lowest BCUT2D eigenvalue weighted by atomic mass is 10.0. The maximum Gasteiger partial charge on any atom is 0.203 e. The van der Waals surface area contributed by atoms with Crippen molar-refractivity contribution in [2.24, 2.45) is 0 Å². The van der Waals surface area contributed by atoms with E-state index in [9.17, 15) is 0 Å². The molecule has 3 rings (SSSR count). The van der Waals surface area contributed by atoms with Gasteiger partial charge in [-0.15, -0.1) is 0 Å². The van der Waals surface area contributed by atoms with Crippen LogP contribution in [0.3, 0.4) is 0 Å². The molecule has 0 aromatic heterocycles. The van der Waals surface area contributed by atoms with Crippen LogP contribution in [-0.2, 0) is 6.42 Å². The van der Waals surface area contributed by atoms with Crippen molar-refractivity contribution in [2.45, 2.75) is 46.5 Å². The molecule has 0 spiro atoms. The third-order valence-corrected chi connectivity index (χ3v) is 4.34. The molecule has 25 heavy (non-hydrogen) atoms. The highest BCUT2D eigenvalue weighted by molar-refractivity contribution is 5.83. The lowest BCUT2D eigenvalue weighted by molar-refractivity contribution is 0.242. The van der Waals surface area contributed by atoms with E-state index in [1.165, 1.54) is 22.3 Å². The summed E-state index contributed by atoms with van der Waals surface area (Å²) in [6.07, 6.45) is 3.78. The molecular weight excluding hydrogens is 312 g/mol. The molecule has 2 aromatic rings. The summed E-state index contributed by atoms with van der Waals surface area (Å²) in [5.41, 5.74) is 5.07. The lowest BCUT2D eigenvalue weighted by Crippen LogP contribution is -2.07. The molecule has 2 aromatic carbocycles. The molecular formula is C22H28O3. The average Bonchev–Trinajstić information content (AvgIpc) is 3.01. The third-order valence-electron chi connectivity index (χ3n) is 4.34. The fourth-order valence-corrected chi connectivity index (χ4v) is 3.22. The van der Waals surface area contributed by atoms with E-state index in [0.717, 1.165) is 42.9 Å². The number of fused-ring (bicyclic) bond motifs is 3. The van der Waals surface area contributed by atoms with Gasteiger partial charge in [-0.2, -0.15) is 0 Å². The molecule has 0 aliphatic heterocycles. The molecule has 0 fully saturated rings. The first kappa shape index (κ1) is 17.7. The molecule has 0 saturated carbocycles. The van der Waals surface area contributed by atoms with Gasteiger partial charge in [0.25, 0.3) is 0 Å². The molecule has 134 valence electrons. The zero-order chi connectivity index (χ0) is 17.6. The molecule has 0 saturated heterocycles. The van der Waals surface area contributed by atoms with Gasteiger partial charge in [0.05, 0.1) is 19.8 Å². The van der Waals surface area contributed by atoms with Crippen LogP contribution in [0.25, 0.3) is 11.1 Å². The maximum atomic E-state index is 6.17. The summed E-state index contributed by atoms with van der Waals surface area (Å²) in [5.74, 6) is 2.45. The van der Waals surface area contributed by atoms with Crippen molar-refractivity contribution in [1.29, 1.82) is 0 Å². The van der Waals surface area contributed by atoms with E-state index in [2.05, 4.69) is 51.1 Å². The molecule has 3 nitrogen and oxygen atoms in total. The van der Waals surface area contributed by atoms with Gasteiger partial charge in [0.2, 0.25) is 5.75 Å². The predicted molar refractivity (Wildman–Crippen MR) is 102 cm³/mol. The maximum absolute atomic E-state index is 6.17. The molecule has 0 unspecified atom stereocenters. The Labute approximate surface area is 150 Å². The second-order valence-electron chi connectivity index (χ2n) is 6.44. The molecule has 0 N–H and O–H groups in total. The molecule has 1 aliphatic carbocycles. The second-order valence-corrected chi connectivity index (χ2v) is 6.44. The number of hydrogen-bond acceptors (Lipinski definition) is 3. The fourth-order valence-electron chi connectivity index (χ4n) is 3.22. The number of hydrogen-bond donors (Lipinski definition) is 0. The predicted octanol–water partition coefficient (Wildman–Crippen LogP) is 5.62. The van der Waals surface area contributed by atoms with Crippen LogP contribution in [0.2, 0.25) is 0 Å². The summed E-state index contributed by atoms with van der Waals surface area (Å²) in [7, 11) is 0. The van der Waals surface area contributed by atoms with E-state index < -0.39 is 0 Å². The minimum absolute atomic E-state index is 0.663. The van der Waals surface area contributed by atoms with Gasteiger partial charge in [-0.25, -0.2) is 0 Å². The summed E-state index contributed by atoms with van der Waals surface area (Å²) >= 11 is 0. The Morgan fingerprint density at radius 2 is 1.40 bits per heavy atom. The third kappa shape index (κ3) is 3.60. The van der Waals surface area contributed by atoms with Crippen molar-refractivity contribution in [3.63, 3.8) is 0 Å². The zero-order valence-electron chi connectivity index (χ0n) is 15.6. The Morgan fingerprint density at radius 1 is 0.760 bits per heavy atom. The molecule has 0 radical (unpaired) electrons. The van der Waals surface area contributed by atoms with Crippen molar-refractivity contribution in [3.8, 4) is 28.4 Å². The van der Waals surface area contributed by atoms with Gasteiger partial charge in [-0.1, -0.05) is 45.0 Å². The molecule has 0 heterocycles. The van der Waals surface area contributed by atoms with Gasteiger partial charge >= 0.3 is 0 Å². The summed E-state index contributed by atoms with van der Waals surface area (Å²) in [6, 6.07) is 10.7. The van der Waals surface area contributed by atoms with Crippen LogP contribution in [0.4, 0.5) is 0 Å². The van der Waals surface area contributed by atoms with E-state index in [-0.39, 0.29) is 0 Å². The van der Waals surface area contributed by atoms with Gasteiger partial charge in [0.1, 0.15) is 0 Å². The van der Waals surface area contributed by atoms with Crippen molar-refractivity contribution in [1.82, 2.24) is 0 Å². The summed E-state index contributed by atoms with van der Waals surface area (Å²) < 4.78 is 18.3. The molecule has 0 amide bonds. The highest BCUT2D eigenvalue weighted by Crippen LogP contribution is 2.50. The normalized spacial score (nSPS) is 11.8. The monoisotopic (exact) mass is 340 g/mol. The summed E-state index contributed by atoms with van der Waals surface area (Å²) in [4.78, 5) is 0. The van der Waals surface area contributed by atoms with Crippen LogP contribution in [0.15, 0.2) is 30.3 Å². The van der Waals surface area contributed by atoms with Crippen LogP contribution < -0.4 is 14.2 Å². The Hall–Kier alpha value is -2.16. The second kappa shape index (κ2) is 8.28.